The van der Waals surface area contributed by atoms with E-state index in [1.807, 2.05) is 42.5 Å². The molecule has 0 atom stereocenters. The molecular formula is C31H36N2O3. The molecule has 188 valence electrons. The van der Waals surface area contributed by atoms with Crippen LogP contribution in [0.15, 0.2) is 77.6 Å². The second-order valence-corrected chi connectivity index (χ2v) is 10.5. The fourth-order valence-corrected chi connectivity index (χ4v) is 4.38. The number of aliphatic hydroxyl groups is 1. The molecule has 0 aliphatic rings. The summed E-state index contributed by atoms with van der Waals surface area (Å²) < 4.78 is 5.50. The molecule has 5 heteroatoms. The minimum atomic E-state index is -0.0489. The molecule has 0 radical (unpaired) electrons. The van der Waals surface area contributed by atoms with Crippen molar-refractivity contribution in [1.29, 1.82) is 0 Å². The van der Waals surface area contributed by atoms with Crippen molar-refractivity contribution in [2.75, 3.05) is 13.2 Å². The van der Waals surface area contributed by atoms with E-state index in [0.717, 1.165) is 34.3 Å². The van der Waals surface area contributed by atoms with Gasteiger partial charge in [0.2, 0.25) is 0 Å². The largest absolute Gasteiger partial charge is 0.491 e. The first-order valence-electron chi connectivity index (χ1n) is 12.5. The number of fused-ring (bicyclic) bond motifs is 1. The number of aromatic amines is 1. The molecule has 4 rings (SSSR count). The lowest BCUT2D eigenvalue weighted by molar-refractivity contribution is 0.201. The van der Waals surface area contributed by atoms with Crippen LogP contribution in [0.1, 0.15) is 48.6 Å². The maximum atomic E-state index is 12.9. The topological polar surface area (TPSA) is 65.6 Å². The van der Waals surface area contributed by atoms with E-state index in [1.54, 1.807) is 0 Å². The van der Waals surface area contributed by atoms with Crippen LogP contribution < -0.4 is 10.3 Å². The van der Waals surface area contributed by atoms with Crippen LogP contribution in [-0.2, 0) is 25.0 Å². The molecule has 0 aliphatic carbocycles. The average Bonchev–Trinajstić information content (AvgIpc) is 2.84. The molecule has 0 amide bonds. The molecule has 0 aliphatic heterocycles. The van der Waals surface area contributed by atoms with E-state index in [4.69, 9.17) is 9.84 Å². The number of benzene rings is 3. The molecule has 36 heavy (non-hydrogen) atoms. The van der Waals surface area contributed by atoms with Gasteiger partial charge in [-0.3, -0.25) is 9.69 Å². The van der Waals surface area contributed by atoms with Crippen molar-refractivity contribution in [3.63, 3.8) is 0 Å². The van der Waals surface area contributed by atoms with Crippen molar-refractivity contribution in [1.82, 2.24) is 9.88 Å². The monoisotopic (exact) mass is 484 g/mol. The molecule has 1 heterocycles. The summed E-state index contributed by atoms with van der Waals surface area (Å²) in [6.45, 7) is 10.9. The van der Waals surface area contributed by atoms with Gasteiger partial charge in [-0.05, 0) is 64.7 Å². The number of nitrogens with zero attached hydrogens (tertiary/aromatic N) is 1. The third kappa shape index (κ3) is 6.62. The molecule has 5 nitrogen and oxygen atoms in total. The van der Waals surface area contributed by atoms with Crippen LogP contribution in [0.2, 0.25) is 0 Å². The van der Waals surface area contributed by atoms with Gasteiger partial charge in [0.1, 0.15) is 12.4 Å². The standard InChI is InChI=1S/C31H36N2O3/c1-22-5-14-29-25(17-22)18-26(30(35)32-29)21-33(19-23-6-10-27(11-7-23)31(2,3)4)20-24-8-12-28(13-9-24)36-16-15-34/h5-14,17-18,34H,15-16,19-21H2,1-4H3,(H,32,35). The molecule has 0 fully saturated rings. The lowest BCUT2D eigenvalue weighted by Gasteiger charge is -2.24. The third-order valence-corrected chi connectivity index (χ3v) is 6.39. The Labute approximate surface area is 213 Å². The minimum Gasteiger partial charge on any atom is -0.491 e. The number of aliphatic hydroxyl groups excluding tert-OH is 1. The molecule has 0 bridgehead atoms. The maximum Gasteiger partial charge on any atom is 0.252 e. The van der Waals surface area contributed by atoms with Gasteiger partial charge >= 0.3 is 0 Å². The SMILES string of the molecule is Cc1ccc2[nH]c(=O)c(CN(Cc3ccc(OCCO)cc3)Cc3ccc(C(C)(C)C)cc3)cc2c1. The van der Waals surface area contributed by atoms with Crippen LogP contribution in [-0.4, -0.2) is 28.2 Å². The smallest absolute Gasteiger partial charge is 0.252 e. The quantitative estimate of drug-likeness (QED) is 0.319. The zero-order valence-corrected chi connectivity index (χ0v) is 21.7. The lowest BCUT2D eigenvalue weighted by Crippen LogP contribution is -2.26. The highest BCUT2D eigenvalue weighted by Crippen LogP contribution is 2.24. The Kier molecular flexibility index (Phi) is 7.92. The number of pyridine rings is 1. The van der Waals surface area contributed by atoms with Crippen LogP contribution >= 0.6 is 0 Å². The normalized spacial score (nSPS) is 11.8. The van der Waals surface area contributed by atoms with Crippen molar-refractivity contribution >= 4 is 10.9 Å². The summed E-state index contributed by atoms with van der Waals surface area (Å²) >= 11 is 0. The molecule has 0 saturated heterocycles. The average molecular weight is 485 g/mol. The van der Waals surface area contributed by atoms with Crippen molar-refractivity contribution in [2.45, 2.75) is 52.7 Å². The van der Waals surface area contributed by atoms with Gasteiger partial charge in [-0.25, -0.2) is 0 Å². The first-order valence-corrected chi connectivity index (χ1v) is 12.5. The van der Waals surface area contributed by atoms with E-state index < -0.39 is 0 Å². The van der Waals surface area contributed by atoms with Crippen molar-refractivity contribution in [3.05, 3.63) is 111 Å². The summed E-state index contributed by atoms with van der Waals surface area (Å²) in [4.78, 5) is 18.3. The van der Waals surface area contributed by atoms with E-state index in [9.17, 15) is 4.79 Å². The Bertz CT molecular complexity index is 1350. The molecule has 0 saturated carbocycles. The molecule has 0 unspecified atom stereocenters. The van der Waals surface area contributed by atoms with E-state index in [0.29, 0.717) is 13.1 Å². The number of hydrogen-bond donors (Lipinski definition) is 2. The van der Waals surface area contributed by atoms with Crippen molar-refractivity contribution in [3.8, 4) is 5.75 Å². The van der Waals surface area contributed by atoms with Crippen LogP contribution in [0.25, 0.3) is 10.9 Å². The highest BCUT2D eigenvalue weighted by atomic mass is 16.5. The zero-order chi connectivity index (χ0) is 25.7. The Hall–Kier alpha value is -3.41. The Morgan fingerprint density at radius 2 is 1.50 bits per heavy atom. The van der Waals surface area contributed by atoms with Gasteiger partial charge in [0, 0.05) is 30.7 Å². The number of nitrogens with one attached hydrogen (secondary N) is 1. The van der Waals surface area contributed by atoms with E-state index >= 15 is 0 Å². The van der Waals surface area contributed by atoms with Gasteiger partial charge < -0.3 is 14.8 Å². The fourth-order valence-electron chi connectivity index (χ4n) is 4.38. The van der Waals surface area contributed by atoms with Gasteiger partial charge in [0.15, 0.2) is 0 Å². The highest BCUT2D eigenvalue weighted by Gasteiger charge is 2.15. The van der Waals surface area contributed by atoms with E-state index in [2.05, 4.69) is 67.9 Å². The summed E-state index contributed by atoms with van der Waals surface area (Å²) in [5.41, 5.74) is 6.47. The second-order valence-electron chi connectivity index (χ2n) is 10.5. The van der Waals surface area contributed by atoms with Crippen LogP contribution in [0.5, 0.6) is 5.75 Å². The summed E-state index contributed by atoms with van der Waals surface area (Å²) in [5, 5.41) is 10.0. The summed E-state index contributed by atoms with van der Waals surface area (Å²) in [5.74, 6) is 0.735. The van der Waals surface area contributed by atoms with Crippen molar-refractivity contribution < 1.29 is 9.84 Å². The number of hydrogen-bond acceptors (Lipinski definition) is 4. The molecule has 0 spiro atoms. The fraction of sp³-hybridized carbons (Fsp3) is 0.323. The predicted octanol–water partition coefficient (Wildman–Crippen LogP) is 5.71. The van der Waals surface area contributed by atoms with Gasteiger partial charge in [-0.1, -0.05) is 68.8 Å². The van der Waals surface area contributed by atoms with Crippen molar-refractivity contribution in [2.24, 2.45) is 0 Å². The molecule has 4 aromatic rings. The summed E-state index contributed by atoms with van der Waals surface area (Å²) in [6, 6.07) is 24.8. The number of H-pyrrole nitrogens is 1. The highest BCUT2D eigenvalue weighted by molar-refractivity contribution is 5.79. The van der Waals surface area contributed by atoms with Crippen LogP contribution in [0.3, 0.4) is 0 Å². The minimum absolute atomic E-state index is 0.0106. The molecule has 2 N–H and O–H groups in total. The van der Waals surface area contributed by atoms with Crippen LogP contribution in [0.4, 0.5) is 0 Å². The Morgan fingerprint density at radius 1 is 0.861 bits per heavy atom. The first-order chi connectivity index (χ1) is 17.2. The van der Waals surface area contributed by atoms with E-state index in [1.165, 1.54) is 16.7 Å². The number of aryl methyl sites for hydroxylation is 1. The van der Waals surface area contributed by atoms with Crippen LogP contribution in [0, 0.1) is 6.92 Å². The van der Waals surface area contributed by atoms with E-state index in [-0.39, 0.29) is 24.2 Å². The van der Waals surface area contributed by atoms with Gasteiger partial charge in [0.25, 0.3) is 5.56 Å². The zero-order valence-electron chi connectivity index (χ0n) is 21.7. The third-order valence-electron chi connectivity index (χ3n) is 6.39. The molecule has 3 aromatic carbocycles. The molecular weight excluding hydrogens is 448 g/mol. The number of rotatable bonds is 9. The predicted molar refractivity (Wildman–Crippen MR) is 146 cm³/mol. The van der Waals surface area contributed by atoms with Gasteiger partial charge in [0.05, 0.1) is 6.61 Å². The maximum absolute atomic E-state index is 12.9. The second kappa shape index (κ2) is 11.1. The molecule has 1 aromatic heterocycles. The Balaban J connectivity index is 1.60. The number of ether oxygens (including phenoxy) is 1. The number of aromatic nitrogens is 1. The lowest BCUT2D eigenvalue weighted by atomic mass is 9.87. The summed E-state index contributed by atoms with van der Waals surface area (Å²) in [7, 11) is 0. The van der Waals surface area contributed by atoms with Gasteiger partial charge in [-0.15, -0.1) is 0 Å². The van der Waals surface area contributed by atoms with Gasteiger partial charge in [-0.2, -0.15) is 0 Å². The summed E-state index contributed by atoms with van der Waals surface area (Å²) in [6.07, 6.45) is 0. The Morgan fingerprint density at radius 3 is 2.11 bits per heavy atom. The first kappa shape index (κ1) is 25.7.